The van der Waals surface area contributed by atoms with Crippen molar-refractivity contribution in [2.75, 3.05) is 11.4 Å². The van der Waals surface area contributed by atoms with E-state index in [0.29, 0.717) is 39.7 Å². The molecule has 0 unspecified atom stereocenters. The molecule has 7 heteroatoms. The highest BCUT2D eigenvalue weighted by Gasteiger charge is 2.32. The lowest BCUT2D eigenvalue weighted by Gasteiger charge is -2.29. The van der Waals surface area contributed by atoms with E-state index in [1.165, 1.54) is 22.6 Å². The number of fused-ring (bicyclic) bond motifs is 3. The van der Waals surface area contributed by atoms with Gasteiger partial charge in [0.15, 0.2) is 0 Å². The molecule has 2 amide bonds. The largest absolute Gasteiger partial charge is 0.334 e. The van der Waals surface area contributed by atoms with E-state index < -0.39 is 10.8 Å². The van der Waals surface area contributed by atoms with Gasteiger partial charge in [-0.05, 0) is 65.6 Å². The molecular weight excluding hydrogens is 487 g/mol. The van der Waals surface area contributed by atoms with Crippen molar-refractivity contribution in [1.82, 2.24) is 4.90 Å². The number of hydrogen-bond donors (Lipinski definition) is 0. The maximum Gasteiger partial charge on any atom is 0.259 e. The highest BCUT2D eigenvalue weighted by atomic mass is 32.2. The van der Waals surface area contributed by atoms with E-state index in [1.54, 1.807) is 59.5 Å². The average molecular weight is 511 g/mol. The van der Waals surface area contributed by atoms with Crippen LogP contribution in [0.4, 0.5) is 10.1 Å². The van der Waals surface area contributed by atoms with Crippen molar-refractivity contribution < 1.29 is 18.2 Å². The molecule has 2 aliphatic rings. The van der Waals surface area contributed by atoms with Gasteiger partial charge in [-0.3, -0.25) is 9.59 Å². The van der Waals surface area contributed by atoms with Gasteiger partial charge < -0.3 is 9.80 Å². The van der Waals surface area contributed by atoms with Crippen LogP contribution in [0.25, 0.3) is 0 Å². The average Bonchev–Trinajstić information content (AvgIpc) is 3.02. The van der Waals surface area contributed by atoms with Crippen LogP contribution in [0.2, 0.25) is 0 Å². The molecule has 0 fully saturated rings. The number of carbonyl (C=O) groups is 2. The molecule has 6 rings (SSSR count). The number of carbonyl (C=O) groups excluding carboxylic acids is 2. The van der Waals surface area contributed by atoms with Crippen molar-refractivity contribution in [3.05, 3.63) is 125 Å². The summed E-state index contributed by atoms with van der Waals surface area (Å²) in [5.41, 5.74) is 4.29. The fourth-order valence-corrected chi connectivity index (χ4v) is 6.32. The summed E-state index contributed by atoms with van der Waals surface area (Å²) in [5.74, 6) is -0.823. The zero-order valence-electron chi connectivity index (χ0n) is 19.9. The highest BCUT2D eigenvalue weighted by Crippen LogP contribution is 2.36. The van der Waals surface area contributed by atoms with Crippen LogP contribution in [-0.4, -0.2) is 27.5 Å². The third-order valence-corrected chi connectivity index (χ3v) is 8.43. The Labute approximate surface area is 216 Å². The molecule has 4 aromatic carbocycles. The first-order chi connectivity index (χ1) is 18.0. The van der Waals surface area contributed by atoms with Crippen LogP contribution in [0.5, 0.6) is 0 Å². The maximum atomic E-state index is 13.8. The molecule has 0 bridgehead atoms. The predicted molar refractivity (Wildman–Crippen MR) is 139 cm³/mol. The molecule has 2 heterocycles. The second-order valence-corrected chi connectivity index (χ2v) is 10.6. The number of halogens is 1. The molecule has 0 saturated carbocycles. The van der Waals surface area contributed by atoms with Crippen molar-refractivity contribution >= 4 is 28.3 Å². The van der Waals surface area contributed by atoms with E-state index >= 15 is 0 Å². The number of benzene rings is 4. The number of anilines is 1. The van der Waals surface area contributed by atoms with Crippen LogP contribution in [0, 0.1) is 5.82 Å². The maximum absolute atomic E-state index is 13.8. The third-order valence-electron chi connectivity index (χ3n) is 6.93. The molecule has 0 N–H and O–H groups in total. The zero-order chi connectivity index (χ0) is 25.5. The Kier molecular flexibility index (Phi) is 5.93. The van der Waals surface area contributed by atoms with E-state index in [1.807, 2.05) is 18.2 Å². The van der Waals surface area contributed by atoms with Gasteiger partial charge in [0.1, 0.15) is 5.82 Å². The summed E-state index contributed by atoms with van der Waals surface area (Å²) in [5, 5.41) is 0. The van der Waals surface area contributed by atoms with Crippen molar-refractivity contribution in [3.8, 4) is 0 Å². The summed E-state index contributed by atoms with van der Waals surface area (Å²) in [6.07, 6.45) is 0.779. The summed E-state index contributed by atoms with van der Waals surface area (Å²) < 4.78 is 27.2. The summed E-state index contributed by atoms with van der Waals surface area (Å²) >= 11 is 0. The Balaban J connectivity index is 1.41. The standard InChI is InChI=1S/C30H23FN2O3S/c31-24-12-9-20(10-13-24)18-33-26-17-22(29(34)32-16-15-21-5-1-2-6-23(21)19-32)11-14-28(26)37(36)27-8-4-3-7-25(27)30(33)35/h1-14,17H,15-16,18-19H2/t37-/m1/s1. The molecule has 5 nitrogen and oxygen atoms in total. The van der Waals surface area contributed by atoms with Crippen LogP contribution in [-0.2, 0) is 30.3 Å². The number of hydrogen-bond acceptors (Lipinski definition) is 3. The number of rotatable bonds is 3. The number of amides is 2. The molecule has 0 aliphatic carbocycles. The minimum atomic E-state index is -1.61. The van der Waals surface area contributed by atoms with E-state index in [9.17, 15) is 18.2 Å². The van der Waals surface area contributed by atoms with E-state index in [2.05, 4.69) is 6.07 Å². The molecule has 0 spiro atoms. The summed E-state index contributed by atoms with van der Waals surface area (Å²) in [6, 6.07) is 25.9. The van der Waals surface area contributed by atoms with Crippen LogP contribution >= 0.6 is 0 Å². The molecule has 37 heavy (non-hydrogen) atoms. The Morgan fingerprint density at radius 3 is 2.41 bits per heavy atom. The molecule has 4 aromatic rings. The lowest BCUT2D eigenvalue weighted by Crippen LogP contribution is -2.36. The van der Waals surface area contributed by atoms with Gasteiger partial charge in [0, 0.05) is 18.7 Å². The highest BCUT2D eigenvalue weighted by molar-refractivity contribution is 7.85. The van der Waals surface area contributed by atoms with Crippen LogP contribution in [0.1, 0.15) is 37.4 Å². The van der Waals surface area contributed by atoms with E-state index in [-0.39, 0.29) is 24.2 Å². The van der Waals surface area contributed by atoms with Crippen LogP contribution < -0.4 is 4.90 Å². The molecule has 184 valence electrons. The topological polar surface area (TPSA) is 57.7 Å². The van der Waals surface area contributed by atoms with E-state index in [4.69, 9.17) is 0 Å². The first kappa shape index (κ1) is 23.3. The smallest absolute Gasteiger partial charge is 0.259 e. The normalized spacial score (nSPS) is 16.5. The Bertz CT molecular complexity index is 1570. The van der Waals surface area contributed by atoms with Gasteiger partial charge in [-0.25, -0.2) is 8.60 Å². The Hall–Kier alpha value is -4.10. The van der Waals surface area contributed by atoms with Crippen molar-refractivity contribution in [2.24, 2.45) is 0 Å². The zero-order valence-corrected chi connectivity index (χ0v) is 20.7. The van der Waals surface area contributed by atoms with Gasteiger partial charge in [0.05, 0.1) is 38.4 Å². The lowest BCUT2D eigenvalue weighted by atomic mass is 9.99. The van der Waals surface area contributed by atoms with Gasteiger partial charge in [-0.1, -0.05) is 48.5 Å². The fraction of sp³-hybridized carbons (Fsp3) is 0.133. The van der Waals surface area contributed by atoms with Crippen LogP contribution in [0.15, 0.2) is 101 Å². The number of nitrogens with zero attached hydrogens (tertiary/aromatic N) is 2. The summed E-state index contributed by atoms with van der Waals surface area (Å²) in [6.45, 7) is 1.26. The molecule has 2 aliphatic heterocycles. The first-order valence-corrected chi connectivity index (χ1v) is 13.2. The molecule has 0 radical (unpaired) electrons. The lowest BCUT2D eigenvalue weighted by molar-refractivity contribution is 0.0734. The third kappa shape index (κ3) is 4.25. The monoisotopic (exact) mass is 510 g/mol. The molecular formula is C30H23FN2O3S. The predicted octanol–water partition coefficient (Wildman–Crippen LogP) is 5.35. The van der Waals surface area contributed by atoms with Gasteiger partial charge in [0.2, 0.25) is 0 Å². The van der Waals surface area contributed by atoms with Crippen molar-refractivity contribution in [2.45, 2.75) is 29.3 Å². The second kappa shape index (κ2) is 9.41. The first-order valence-electron chi connectivity index (χ1n) is 12.1. The van der Waals surface area contributed by atoms with Gasteiger partial charge in [-0.15, -0.1) is 0 Å². The fourth-order valence-electron chi connectivity index (χ4n) is 4.98. The van der Waals surface area contributed by atoms with Crippen molar-refractivity contribution in [1.29, 1.82) is 0 Å². The van der Waals surface area contributed by atoms with Crippen molar-refractivity contribution in [3.63, 3.8) is 0 Å². The quantitative estimate of drug-likeness (QED) is 0.373. The van der Waals surface area contributed by atoms with Gasteiger partial charge >= 0.3 is 0 Å². The molecule has 0 aromatic heterocycles. The minimum Gasteiger partial charge on any atom is -0.334 e. The summed E-state index contributed by atoms with van der Waals surface area (Å²) in [7, 11) is -1.61. The van der Waals surface area contributed by atoms with Crippen LogP contribution in [0.3, 0.4) is 0 Å². The van der Waals surface area contributed by atoms with Gasteiger partial charge in [-0.2, -0.15) is 0 Å². The van der Waals surface area contributed by atoms with E-state index in [0.717, 1.165) is 17.5 Å². The van der Waals surface area contributed by atoms with Gasteiger partial charge in [0.25, 0.3) is 11.8 Å². The molecule has 1 atom stereocenters. The minimum absolute atomic E-state index is 0.140. The molecule has 0 saturated heterocycles. The Morgan fingerprint density at radius 2 is 1.59 bits per heavy atom. The Morgan fingerprint density at radius 1 is 0.865 bits per heavy atom. The SMILES string of the molecule is O=C(c1ccc2c(c1)N(Cc1ccc(F)cc1)C(=O)c1ccccc1[S@]2=O)N1CCc2ccccc2C1. The summed E-state index contributed by atoms with van der Waals surface area (Å²) in [4.78, 5) is 31.6. The second-order valence-electron chi connectivity index (χ2n) is 9.21.